The highest BCUT2D eigenvalue weighted by Crippen LogP contribution is 2.35. The lowest BCUT2D eigenvalue weighted by molar-refractivity contribution is 0.606. The maximum absolute atomic E-state index is 3.46. The fourth-order valence-electron chi connectivity index (χ4n) is 2.50. The van der Waals surface area contributed by atoms with Crippen LogP contribution in [0.5, 0.6) is 0 Å². The van der Waals surface area contributed by atoms with E-state index in [4.69, 9.17) is 0 Å². The van der Waals surface area contributed by atoms with E-state index in [2.05, 4.69) is 35.9 Å². The van der Waals surface area contributed by atoms with Gasteiger partial charge in [-0.1, -0.05) is 6.07 Å². The minimum Gasteiger partial charge on any atom is -0.312 e. The Morgan fingerprint density at radius 2 is 2.35 bits per heavy atom. The van der Waals surface area contributed by atoms with Gasteiger partial charge in [-0.2, -0.15) is 0 Å². The summed E-state index contributed by atoms with van der Waals surface area (Å²) in [7, 11) is 2.07. The van der Waals surface area contributed by atoms with Crippen LogP contribution in [0.1, 0.15) is 32.7 Å². The van der Waals surface area contributed by atoms with Gasteiger partial charge in [-0.15, -0.1) is 22.7 Å². The van der Waals surface area contributed by atoms with E-state index in [0.29, 0.717) is 6.04 Å². The number of nitrogens with one attached hydrogen (secondary N) is 1. The van der Waals surface area contributed by atoms with E-state index in [-0.39, 0.29) is 0 Å². The zero-order valence-electron chi connectivity index (χ0n) is 10.0. The monoisotopic (exact) mass is 263 g/mol. The highest BCUT2D eigenvalue weighted by atomic mass is 32.1. The molecule has 0 saturated carbocycles. The van der Waals surface area contributed by atoms with Crippen molar-refractivity contribution in [3.8, 4) is 0 Å². The second-order valence-electron chi connectivity index (χ2n) is 4.58. The van der Waals surface area contributed by atoms with Crippen LogP contribution in [0.4, 0.5) is 0 Å². The first kappa shape index (κ1) is 11.5. The Bertz CT molecular complexity index is 463. The van der Waals surface area contributed by atoms with Crippen molar-refractivity contribution in [2.45, 2.75) is 31.7 Å². The Morgan fingerprint density at radius 1 is 1.41 bits per heavy atom. The minimum atomic E-state index is 0.490. The maximum atomic E-state index is 3.46. The molecule has 2 heterocycles. The van der Waals surface area contributed by atoms with Crippen LogP contribution in [0.2, 0.25) is 0 Å². The van der Waals surface area contributed by atoms with Crippen LogP contribution in [-0.2, 0) is 19.3 Å². The molecule has 1 aliphatic rings. The summed E-state index contributed by atoms with van der Waals surface area (Å²) in [5.41, 5.74) is 1.61. The second-order valence-corrected chi connectivity index (χ2v) is 6.78. The smallest absolute Gasteiger partial charge is 0.0461 e. The quantitative estimate of drug-likeness (QED) is 0.884. The molecular formula is C14H17NS2. The van der Waals surface area contributed by atoms with Crippen molar-refractivity contribution in [1.29, 1.82) is 0 Å². The van der Waals surface area contributed by atoms with Crippen molar-refractivity contribution in [2.24, 2.45) is 0 Å². The number of likely N-dealkylation sites (N-methyl/N-ethyl adjacent to an activating group) is 1. The molecule has 0 aliphatic heterocycles. The Hall–Kier alpha value is -0.640. The van der Waals surface area contributed by atoms with Gasteiger partial charge in [0.1, 0.15) is 0 Å². The average Bonchev–Trinajstić information content (AvgIpc) is 3.01. The van der Waals surface area contributed by atoms with Gasteiger partial charge >= 0.3 is 0 Å². The van der Waals surface area contributed by atoms with Gasteiger partial charge in [0, 0.05) is 27.1 Å². The van der Waals surface area contributed by atoms with Crippen molar-refractivity contribution < 1.29 is 0 Å². The molecule has 1 N–H and O–H groups in total. The van der Waals surface area contributed by atoms with E-state index in [0.717, 1.165) is 6.42 Å². The zero-order chi connectivity index (χ0) is 11.7. The molecule has 1 aliphatic carbocycles. The molecule has 0 bridgehead atoms. The molecular weight excluding hydrogens is 246 g/mol. The lowest BCUT2D eigenvalue weighted by Gasteiger charge is -2.13. The SMILES string of the molecule is CNC(Cc1cccs1)c1cc2c(s1)CCC2. The van der Waals surface area contributed by atoms with Crippen LogP contribution in [0.25, 0.3) is 0 Å². The number of aryl methyl sites for hydroxylation is 2. The molecule has 0 fully saturated rings. The highest BCUT2D eigenvalue weighted by Gasteiger charge is 2.19. The molecule has 0 saturated heterocycles. The summed E-state index contributed by atoms with van der Waals surface area (Å²) >= 11 is 3.88. The molecule has 3 heteroatoms. The Morgan fingerprint density at radius 3 is 3.06 bits per heavy atom. The predicted molar refractivity (Wildman–Crippen MR) is 76.2 cm³/mol. The van der Waals surface area contributed by atoms with Crippen molar-refractivity contribution in [3.63, 3.8) is 0 Å². The first-order chi connectivity index (χ1) is 8.36. The third-order valence-corrected chi connectivity index (χ3v) is 5.69. The number of rotatable bonds is 4. The number of hydrogen-bond donors (Lipinski definition) is 1. The normalized spacial score (nSPS) is 16.1. The van der Waals surface area contributed by atoms with Gasteiger partial charge in [0.15, 0.2) is 0 Å². The summed E-state index contributed by atoms with van der Waals surface area (Å²) < 4.78 is 0. The third kappa shape index (κ3) is 2.32. The summed E-state index contributed by atoms with van der Waals surface area (Å²) in [6, 6.07) is 7.29. The summed E-state index contributed by atoms with van der Waals surface area (Å²) in [5, 5.41) is 5.63. The Kier molecular flexibility index (Phi) is 3.32. The lowest BCUT2D eigenvalue weighted by Crippen LogP contribution is -2.17. The summed E-state index contributed by atoms with van der Waals surface area (Å²) in [6.07, 6.45) is 5.07. The molecule has 2 aromatic heterocycles. The Balaban J connectivity index is 1.80. The van der Waals surface area contributed by atoms with Crippen molar-refractivity contribution in [1.82, 2.24) is 5.32 Å². The van der Waals surface area contributed by atoms with Gasteiger partial charge in [-0.05, 0) is 49.4 Å². The molecule has 1 atom stereocenters. The van der Waals surface area contributed by atoms with Crippen molar-refractivity contribution in [3.05, 3.63) is 43.8 Å². The van der Waals surface area contributed by atoms with Gasteiger partial charge in [0.2, 0.25) is 0 Å². The lowest BCUT2D eigenvalue weighted by atomic mass is 10.1. The average molecular weight is 263 g/mol. The number of hydrogen-bond acceptors (Lipinski definition) is 3. The summed E-state index contributed by atoms with van der Waals surface area (Å²) in [5.74, 6) is 0. The maximum Gasteiger partial charge on any atom is 0.0461 e. The van der Waals surface area contributed by atoms with E-state index >= 15 is 0 Å². The van der Waals surface area contributed by atoms with E-state index < -0.39 is 0 Å². The molecule has 1 unspecified atom stereocenters. The largest absolute Gasteiger partial charge is 0.312 e. The van der Waals surface area contributed by atoms with E-state index in [1.165, 1.54) is 29.0 Å². The van der Waals surface area contributed by atoms with E-state index in [1.54, 1.807) is 10.4 Å². The minimum absolute atomic E-state index is 0.490. The van der Waals surface area contributed by atoms with Crippen LogP contribution in [0, 0.1) is 0 Å². The van der Waals surface area contributed by atoms with Crippen LogP contribution >= 0.6 is 22.7 Å². The molecule has 0 spiro atoms. The van der Waals surface area contributed by atoms with Gasteiger partial charge < -0.3 is 5.32 Å². The number of fused-ring (bicyclic) bond motifs is 1. The van der Waals surface area contributed by atoms with Crippen LogP contribution < -0.4 is 5.32 Å². The molecule has 0 radical (unpaired) electrons. The molecule has 0 amide bonds. The third-order valence-electron chi connectivity index (χ3n) is 3.44. The van der Waals surface area contributed by atoms with Gasteiger partial charge in [-0.3, -0.25) is 0 Å². The van der Waals surface area contributed by atoms with E-state index in [1.807, 2.05) is 22.7 Å². The molecule has 17 heavy (non-hydrogen) atoms. The van der Waals surface area contributed by atoms with Gasteiger partial charge in [0.25, 0.3) is 0 Å². The van der Waals surface area contributed by atoms with Crippen molar-refractivity contribution in [2.75, 3.05) is 7.05 Å². The van der Waals surface area contributed by atoms with E-state index in [9.17, 15) is 0 Å². The molecule has 2 aromatic rings. The predicted octanol–water partition coefficient (Wildman–Crippen LogP) is 3.80. The summed E-state index contributed by atoms with van der Waals surface area (Å²) in [4.78, 5) is 4.62. The first-order valence-corrected chi connectivity index (χ1v) is 7.87. The molecule has 3 rings (SSSR count). The fourth-order valence-corrected chi connectivity index (χ4v) is 4.62. The van der Waals surface area contributed by atoms with Gasteiger partial charge in [0.05, 0.1) is 0 Å². The van der Waals surface area contributed by atoms with Gasteiger partial charge in [-0.25, -0.2) is 0 Å². The topological polar surface area (TPSA) is 12.0 Å². The molecule has 1 nitrogen and oxygen atoms in total. The second kappa shape index (κ2) is 4.92. The van der Waals surface area contributed by atoms with Crippen LogP contribution in [-0.4, -0.2) is 7.05 Å². The molecule has 0 aromatic carbocycles. The Labute approximate surface area is 111 Å². The number of thiophene rings is 2. The van der Waals surface area contributed by atoms with Crippen molar-refractivity contribution >= 4 is 22.7 Å². The van der Waals surface area contributed by atoms with Crippen LogP contribution in [0.15, 0.2) is 23.6 Å². The van der Waals surface area contributed by atoms with Crippen LogP contribution in [0.3, 0.4) is 0 Å². The first-order valence-electron chi connectivity index (χ1n) is 6.18. The molecule has 90 valence electrons. The summed E-state index contributed by atoms with van der Waals surface area (Å²) in [6.45, 7) is 0. The fraction of sp³-hybridized carbons (Fsp3) is 0.429. The standard InChI is InChI=1S/C14H17NS2/c1-15-12(9-11-5-3-7-16-11)14-8-10-4-2-6-13(10)17-14/h3,5,7-8,12,15H,2,4,6,9H2,1H3. The highest BCUT2D eigenvalue weighted by molar-refractivity contribution is 7.12. The zero-order valence-corrected chi connectivity index (χ0v) is 11.7.